The number of hydrogen-bond acceptors (Lipinski definition) is 3. The fraction of sp³-hybridized carbons (Fsp3) is 0.524. The molecule has 1 aromatic rings. The number of Topliss-reactive ketones (excluding diaryl/α,β-unsaturated/α-hetero) is 1. The maximum atomic E-state index is 13.1. The van der Waals surface area contributed by atoms with Crippen molar-refractivity contribution in [2.75, 3.05) is 13.1 Å². The van der Waals surface area contributed by atoms with E-state index in [1.165, 1.54) is 25.3 Å². The summed E-state index contributed by atoms with van der Waals surface area (Å²) in [7, 11) is 0. The molecule has 0 bridgehead atoms. The highest BCUT2D eigenvalue weighted by Crippen LogP contribution is 2.33. The van der Waals surface area contributed by atoms with Gasteiger partial charge in [-0.15, -0.1) is 0 Å². The molecule has 1 aromatic carbocycles. The highest BCUT2D eigenvalue weighted by atomic mass is 19.4. The Bertz CT molecular complexity index is 708. The number of halogens is 3. The first-order chi connectivity index (χ1) is 13.2. The fourth-order valence-corrected chi connectivity index (χ4v) is 3.60. The van der Waals surface area contributed by atoms with Crippen LogP contribution in [0, 0.1) is 12.8 Å². The molecule has 0 unspecified atom stereocenters. The zero-order valence-corrected chi connectivity index (χ0v) is 16.1. The molecular weight excluding hydrogens is 369 g/mol. The molecule has 0 saturated carbocycles. The van der Waals surface area contributed by atoms with Crippen LogP contribution in [0.5, 0.6) is 0 Å². The molecule has 2 rings (SSSR count). The molecule has 0 radical (unpaired) electrons. The maximum absolute atomic E-state index is 13.1. The van der Waals surface area contributed by atoms with Gasteiger partial charge in [-0.05, 0) is 75.0 Å². The van der Waals surface area contributed by atoms with E-state index in [-0.39, 0.29) is 12.0 Å². The first-order valence-electron chi connectivity index (χ1n) is 9.54. The number of nitrogens with zero attached hydrogens (tertiary/aromatic N) is 1. The van der Waals surface area contributed by atoms with Crippen LogP contribution in [0.15, 0.2) is 31.0 Å². The molecule has 1 aliphatic rings. The SMILES string of the molecule is C=CNC(=O)C(=O)CCCC1CCN(Cc2ccc(C)c(C(F)(F)F)c2)CC1. The van der Waals surface area contributed by atoms with Crippen molar-refractivity contribution in [2.45, 2.75) is 51.7 Å². The van der Waals surface area contributed by atoms with Gasteiger partial charge < -0.3 is 5.32 Å². The van der Waals surface area contributed by atoms with Crippen molar-refractivity contribution in [2.24, 2.45) is 5.92 Å². The molecule has 1 saturated heterocycles. The standard InChI is InChI=1S/C21H27F3N2O2/c1-3-25-20(28)19(27)6-4-5-16-9-11-26(12-10-16)14-17-8-7-15(2)18(13-17)21(22,23)24/h3,7-8,13,16H,1,4-6,9-12,14H2,2H3,(H,25,28). The lowest BCUT2D eigenvalue weighted by atomic mass is 9.91. The predicted molar refractivity (Wildman–Crippen MR) is 101 cm³/mol. The van der Waals surface area contributed by atoms with Crippen molar-refractivity contribution in [3.63, 3.8) is 0 Å². The number of ketones is 1. The van der Waals surface area contributed by atoms with Crippen LogP contribution in [0.4, 0.5) is 13.2 Å². The van der Waals surface area contributed by atoms with E-state index in [9.17, 15) is 22.8 Å². The van der Waals surface area contributed by atoms with E-state index in [0.717, 1.165) is 32.4 Å². The zero-order valence-electron chi connectivity index (χ0n) is 16.1. The van der Waals surface area contributed by atoms with Crippen molar-refractivity contribution in [1.29, 1.82) is 0 Å². The van der Waals surface area contributed by atoms with E-state index in [1.54, 1.807) is 6.07 Å². The molecule has 0 aromatic heterocycles. The van der Waals surface area contributed by atoms with Gasteiger partial charge in [0.2, 0.25) is 5.78 Å². The van der Waals surface area contributed by atoms with Crippen LogP contribution in [-0.4, -0.2) is 29.7 Å². The Kier molecular flexibility index (Phi) is 7.80. The second kappa shape index (κ2) is 9.87. The van der Waals surface area contributed by atoms with E-state index in [0.29, 0.717) is 24.4 Å². The molecule has 4 nitrogen and oxygen atoms in total. The number of nitrogens with one attached hydrogen (secondary N) is 1. The number of carbonyl (C=O) groups is 2. The number of likely N-dealkylation sites (tertiary alicyclic amines) is 1. The molecule has 0 spiro atoms. The van der Waals surface area contributed by atoms with Gasteiger partial charge in [0.05, 0.1) is 5.56 Å². The van der Waals surface area contributed by atoms with Crippen LogP contribution >= 0.6 is 0 Å². The summed E-state index contributed by atoms with van der Waals surface area (Å²) in [5.74, 6) is -0.575. The van der Waals surface area contributed by atoms with Gasteiger partial charge in [0, 0.05) is 13.0 Å². The fourth-order valence-electron chi connectivity index (χ4n) is 3.60. The van der Waals surface area contributed by atoms with Crippen LogP contribution in [-0.2, 0) is 22.3 Å². The zero-order chi connectivity index (χ0) is 20.7. The van der Waals surface area contributed by atoms with Gasteiger partial charge in [0.15, 0.2) is 0 Å². The first kappa shape index (κ1) is 22.1. The molecule has 1 amide bonds. The Morgan fingerprint density at radius 3 is 2.57 bits per heavy atom. The maximum Gasteiger partial charge on any atom is 0.416 e. The number of amides is 1. The summed E-state index contributed by atoms with van der Waals surface area (Å²) >= 11 is 0. The summed E-state index contributed by atoms with van der Waals surface area (Å²) in [6, 6.07) is 4.54. The lowest BCUT2D eigenvalue weighted by molar-refractivity contribution is -0.138. The summed E-state index contributed by atoms with van der Waals surface area (Å²) in [4.78, 5) is 25.1. The average molecular weight is 396 g/mol. The van der Waals surface area contributed by atoms with Crippen LogP contribution in [0.3, 0.4) is 0 Å². The largest absolute Gasteiger partial charge is 0.416 e. The Morgan fingerprint density at radius 1 is 1.29 bits per heavy atom. The van der Waals surface area contributed by atoms with Gasteiger partial charge in [-0.1, -0.05) is 18.7 Å². The average Bonchev–Trinajstić information content (AvgIpc) is 2.64. The smallest absolute Gasteiger partial charge is 0.327 e. The monoisotopic (exact) mass is 396 g/mol. The summed E-state index contributed by atoms with van der Waals surface area (Å²) < 4.78 is 39.2. The van der Waals surface area contributed by atoms with Gasteiger partial charge >= 0.3 is 6.18 Å². The third-order valence-corrected chi connectivity index (χ3v) is 5.22. The number of piperidine rings is 1. The Hall–Kier alpha value is -2.15. The van der Waals surface area contributed by atoms with E-state index in [1.807, 2.05) is 0 Å². The van der Waals surface area contributed by atoms with Crippen molar-refractivity contribution in [3.8, 4) is 0 Å². The Labute approximate surface area is 163 Å². The number of alkyl halides is 3. The minimum absolute atomic E-state index is 0.226. The number of hydrogen-bond donors (Lipinski definition) is 1. The van der Waals surface area contributed by atoms with Crippen molar-refractivity contribution in [1.82, 2.24) is 10.2 Å². The van der Waals surface area contributed by atoms with Gasteiger partial charge in [-0.25, -0.2) is 0 Å². The number of carbonyl (C=O) groups excluding carboxylic acids is 2. The minimum atomic E-state index is -4.33. The summed E-state index contributed by atoms with van der Waals surface area (Å²) in [6.45, 7) is 6.98. The molecular formula is C21H27F3N2O2. The normalized spacial score (nSPS) is 16.0. The Morgan fingerprint density at radius 2 is 1.96 bits per heavy atom. The highest BCUT2D eigenvalue weighted by Gasteiger charge is 2.32. The third-order valence-electron chi connectivity index (χ3n) is 5.22. The van der Waals surface area contributed by atoms with E-state index in [4.69, 9.17) is 0 Å². The van der Waals surface area contributed by atoms with Crippen LogP contribution in [0.2, 0.25) is 0 Å². The third kappa shape index (κ3) is 6.48. The molecule has 1 fully saturated rings. The number of aryl methyl sites for hydroxylation is 1. The molecule has 28 heavy (non-hydrogen) atoms. The highest BCUT2D eigenvalue weighted by molar-refractivity contribution is 6.36. The molecule has 1 N–H and O–H groups in total. The molecule has 0 aliphatic carbocycles. The van der Waals surface area contributed by atoms with Crippen molar-refractivity contribution < 1.29 is 22.8 Å². The van der Waals surface area contributed by atoms with Gasteiger partial charge in [-0.2, -0.15) is 13.2 Å². The lowest BCUT2D eigenvalue weighted by Gasteiger charge is -2.32. The van der Waals surface area contributed by atoms with Gasteiger partial charge in [-0.3, -0.25) is 14.5 Å². The van der Waals surface area contributed by atoms with E-state index in [2.05, 4.69) is 16.8 Å². The minimum Gasteiger partial charge on any atom is -0.327 e. The van der Waals surface area contributed by atoms with Crippen LogP contribution in [0.25, 0.3) is 0 Å². The van der Waals surface area contributed by atoms with E-state index < -0.39 is 23.4 Å². The summed E-state index contributed by atoms with van der Waals surface area (Å²) in [5, 5.41) is 2.28. The lowest BCUT2D eigenvalue weighted by Crippen LogP contribution is -2.33. The molecule has 1 heterocycles. The number of rotatable bonds is 8. The van der Waals surface area contributed by atoms with Crippen molar-refractivity contribution in [3.05, 3.63) is 47.7 Å². The second-order valence-electron chi connectivity index (χ2n) is 7.36. The quantitative estimate of drug-likeness (QED) is 0.669. The second-order valence-corrected chi connectivity index (χ2v) is 7.36. The van der Waals surface area contributed by atoms with E-state index >= 15 is 0 Å². The molecule has 154 valence electrons. The van der Waals surface area contributed by atoms with Gasteiger partial charge in [0.25, 0.3) is 5.91 Å². The van der Waals surface area contributed by atoms with Crippen molar-refractivity contribution >= 4 is 11.7 Å². The van der Waals surface area contributed by atoms with Gasteiger partial charge in [0.1, 0.15) is 0 Å². The summed E-state index contributed by atoms with van der Waals surface area (Å²) in [6.07, 6.45) is 0.541. The van der Waals surface area contributed by atoms with Crippen LogP contribution < -0.4 is 5.32 Å². The predicted octanol–water partition coefficient (Wildman–Crippen LogP) is 4.22. The molecule has 0 atom stereocenters. The van der Waals surface area contributed by atoms with Crippen LogP contribution in [0.1, 0.15) is 48.8 Å². The topological polar surface area (TPSA) is 49.4 Å². The Balaban J connectivity index is 1.76. The first-order valence-corrected chi connectivity index (χ1v) is 9.54. The molecule has 1 aliphatic heterocycles. The molecule has 7 heteroatoms. The number of benzene rings is 1. The summed E-state index contributed by atoms with van der Waals surface area (Å²) in [5.41, 5.74) is 0.353.